The zero-order chi connectivity index (χ0) is 9.92. The van der Waals surface area contributed by atoms with Crippen LogP contribution in [0.2, 0.25) is 0 Å². The molecule has 1 aromatic carbocycles. The summed E-state index contributed by atoms with van der Waals surface area (Å²) >= 11 is 0. The van der Waals surface area contributed by atoms with Crippen LogP contribution >= 0.6 is 0 Å². The molecule has 0 amide bonds. The summed E-state index contributed by atoms with van der Waals surface area (Å²) < 4.78 is 0. The van der Waals surface area contributed by atoms with Crippen LogP contribution in [0, 0.1) is 12.3 Å². The Morgan fingerprint density at radius 3 is 2.57 bits per heavy atom. The van der Waals surface area contributed by atoms with Gasteiger partial charge >= 0.3 is 0 Å². The summed E-state index contributed by atoms with van der Waals surface area (Å²) in [5.74, 6) is 1.67. The number of benzene rings is 1. The topological polar surface area (TPSA) is 0 Å². The van der Waals surface area contributed by atoms with Crippen molar-refractivity contribution in [2.24, 2.45) is 5.41 Å². The second kappa shape index (κ2) is 2.42. The lowest BCUT2D eigenvalue weighted by atomic mass is 9.80. The van der Waals surface area contributed by atoms with Crippen LogP contribution in [0.4, 0.5) is 0 Å². The van der Waals surface area contributed by atoms with Crippen molar-refractivity contribution in [3.05, 3.63) is 34.9 Å². The number of hydrogen-bond donors (Lipinski definition) is 0. The molecule has 74 valence electrons. The van der Waals surface area contributed by atoms with Crippen molar-refractivity contribution in [3.8, 4) is 0 Å². The van der Waals surface area contributed by atoms with E-state index in [4.69, 9.17) is 0 Å². The van der Waals surface area contributed by atoms with Gasteiger partial charge in [-0.1, -0.05) is 32.0 Å². The van der Waals surface area contributed by atoms with Gasteiger partial charge in [-0.05, 0) is 53.7 Å². The summed E-state index contributed by atoms with van der Waals surface area (Å²) in [6.07, 6.45) is 2.82. The van der Waals surface area contributed by atoms with Gasteiger partial charge in [0, 0.05) is 0 Å². The smallest absolute Gasteiger partial charge is 0.00991 e. The summed E-state index contributed by atoms with van der Waals surface area (Å²) in [7, 11) is 0. The van der Waals surface area contributed by atoms with E-state index in [-0.39, 0.29) is 0 Å². The van der Waals surface area contributed by atoms with Crippen molar-refractivity contribution in [1.82, 2.24) is 0 Å². The number of fused-ring (bicyclic) bond motifs is 5. The van der Waals surface area contributed by atoms with Crippen molar-refractivity contribution in [1.29, 1.82) is 0 Å². The monoisotopic (exact) mass is 186 g/mol. The van der Waals surface area contributed by atoms with E-state index in [1.165, 1.54) is 18.4 Å². The minimum atomic E-state index is 0.522. The Morgan fingerprint density at radius 1 is 1.14 bits per heavy atom. The van der Waals surface area contributed by atoms with Crippen molar-refractivity contribution >= 4 is 0 Å². The van der Waals surface area contributed by atoms with E-state index in [0.717, 1.165) is 11.8 Å². The van der Waals surface area contributed by atoms with Gasteiger partial charge in [0.05, 0.1) is 0 Å². The molecule has 3 rings (SSSR count). The highest BCUT2D eigenvalue weighted by molar-refractivity contribution is 5.48. The van der Waals surface area contributed by atoms with E-state index < -0.39 is 0 Å². The molecule has 2 aliphatic rings. The second-order valence-electron chi connectivity index (χ2n) is 5.58. The first-order valence-corrected chi connectivity index (χ1v) is 5.72. The van der Waals surface area contributed by atoms with Gasteiger partial charge in [-0.15, -0.1) is 0 Å². The van der Waals surface area contributed by atoms with Crippen LogP contribution in [0.3, 0.4) is 0 Å². The highest BCUT2D eigenvalue weighted by Gasteiger charge is 2.51. The molecule has 0 N–H and O–H groups in total. The molecular weight excluding hydrogens is 168 g/mol. The van der Waals surface area contributed by atoms with Crippen LogP contribution in [0.25, 0.3) is 0 Å². The Balaban J connectivity index is 2.26. The molecule has 0 unspecified atom stereocenters. The number of aryl methyl sites for hydroxylation is 1. The molecule has 2 bridgehead atoms. The quantitative estimate of drug-likeness (QED) is 0.574. The molecule has 14 heavy (non-hydrogen) atoms. The van der Waals surface area contributed by atoms with E-state index in [1.54, 1.807) is 11.1 Å². The molecule has 1 fully saturated rings. The largest absolute Gasteiger partial charge is 0.0617 e. The Morgan fingerprint density at radius 2 is 1.86 bits per heavy atom. The van der Waals surface area contributed by atoms with Gasteiger partial charge in [-0.2, -0.15) is 0 Å². The predicted molar refractivity (Wildman–Crippen MR) is 59.7 cm³/mol. The maximum absolute atomic E-state index is 2.45. The third-order valence-electron chi connectivity index (χ3n) is 4.62. The minimum Gasteiger partial charge on any atom is -0.0617 e. The Bertz CT molecular complexity index is 387. The van der Waals surface area contributed by atoms with Crippen LogP contribution in [0.1, 0.15) is 55.2 Å². The zero-order valence-electron chi connectivity index (χ0n) is 9.30. The Hall–Kier alpha value is -0.780. The first-order chi connectivity index (χ1) is 6.62. The molecule has 0 heterocycles. The van der Waals surface area contributed by atoms with Crippen LogP contribution in [0.15, 0.2) is 18.2 Å². The fraction of sp³-hybridized carbons (Fsp3) is 0.571. The van der Waals surface area contributed by atoms with Crippen LogP contribution in [-0.4, -0.2) is 0 Å². The van der Waals surface area contributed by atoms with Gasteiger partial charge in [0.2, 0.25) is 0 Å². The third-order valence-corrected chi connectivity index (χ3v) is 4.62. The normalized spacial score (nSPS) is 31.9. The summed E-state index contributed by atoms with van der Waals surface area (Å²) in [6, 6.07) is 6.86. The molecular formula is C14H18. The minimum absolute atomic E-state index is 0.522. The van der Waals surface area contributed by atoms with E-state index >= 15 is 0 Å². The molecule has 1 saturated carbocycles. The maximum Gasteiger partial charge on any atom is -0.00991 e. The molecule has 0 aromatic heterocycles. The molecule has 0 radical (unpaired) electrons. The van der Waals surface area contributed by atoms with Crippen molar-refractivity contribution in [2.45, 2.75) is 45.4 Å². The summed E-state index contributed by atoms with van der Waals surface area (Å²) in [5.41, 5.74) is 5.39. The predicted octanol–water partition coefficient (Wildman–Crippen LogP) is 4.00. The number of hydrogen-bond acceptors (Lipinski definition) is 0. The lowest BCUT2D eigenvalue weighted by Gasteiger charge is -2.24. The van der Waals surface area contributed by atoms with Gasteiger partial charge < -0.3 is 0 Å². The first kappa shape index (κ1) is 8.52. The maximum atomic E-state index is 2.45. The van der Waals surface area contributed by atoms with Crippen molar-refractivity contribution < 1.29 is 0 Å². The van der Waals surface area contributed by atoms with Crippen molar-refractivity contribution in [3.63, 3.8) is 0 Å². The highest BCUT2D eigenvalue weighted by Crippen LogP contribution is 2.64. The van der Waals surface area contributed by atoms with Gasteiger partial charge in [-0.25, -0.2) is 0 Å². The van der Waals surface area contributed by atoms with E-state index in [1.807, 2.05) is 0 Å². The first-order valence-electron chi connectivity index (χ1n) is 5.72. The summed E-state index contributed by atoms with van der Waals surface area (Å²) in [6.45, 7) is 7.18. The van der Waals surface area contributed by atoms with Crippen molar-refractivity contribution in [2.75, 3.05) is 0 Å². The molecule has 0 heteroatoms. The molecule has 0 nitrogen and oxygen atoms in total. The molecule has 2 atom stereocenters. The molecule has 1 aromatic rings. The lowest BCUT2D eigenvalue weighted by Crippen LogP contribution is -2.14. The van der Waals surface area contributed by atoms with E-state index in [0.29, 0.717) is 5.41 Å². The van der Waals surface area contributed by atoms with Gasteiger partial charge in [-0.3, -0.25) is 0 Å². The zero-order valence-corrected chi connectivity index (χ0v) is 9.30. The van der Waals surface area contributed by atoms with E-state index in [2.05, 4.69) is 39.0 Å². The van der Waals surface area contributed by atoms with E-state index in [9.17, 15) is 0 Å². The average molecular weight is 186 g/mol. The molecule has 0 spiro atoms. The number of rotatable bonds is 0. The SMILES string of the molecule is Cc1cccc2c1[C@H]1CC[C@@H]2C1(C)C. The molecule has 2 aliphatic carbocycles. The Labute approximate surface area is 86.3 Å². The van der Waals surface area contributed by atoms with Gasteiger partial charge in [0.1, 0.15) is 0 Å². The third kappa shape index (κ3) is 0.802. The fourth-order valence-electron chi connectivity index (χ4n) is 3.88. The Kier molecular flexibility index (Phi) is 1.47. The standard InChI is InChI=1S/C14H18/c1-9-5-4-6-10-11-7-8-12(13(9)10)14(11,2)3/h4-6,11-12H,7-8H2,1-3H3/t11-,12+/m0/s1. The van der Waals surface area contributed by atoms with Crippen LogP contribution < -0.4 is 0 Å². The summed E-state index contributed by atoms with van der Waals surface area (Å²) in [5, 5.41) is 0. The van der Waals surface area contributed by atoms with Gasteiger partial charge in [0.25, 0.3) is 0 Å². The fourth-order valence-corrected chi connectivity index (χ4v) is 3.88. The molecule has 0 saturated heterocycles. The molecule has 0 aliphatic heterocycles. The average Bonchev–Trinajstić information content (AvgIpc) is 2.54. The van der Waals surface area contributed by atoms with Crippen LogP contribution in [-0.2, 0) is 0 Å². The highest BCUT2D eigenvalue weighted by atomic mass is 14.5. The van der Waals surface area contributed by atoms with Crippen LogP contribution in [0.5, 0.6) is 0 Å². The second-order valence-corrected chi connectivity index (χ2v) is 5.58. The lowest BCUT2D eigenvalue weighted by molar-refractivity contribution is 0.325. The van der Waals surface area contributed by atoms with Gasteiger partial charge in [0.15, 0.2) is 0 Å². The summed E-state index contributed by atoms with van der Waals surface area (Å²) in [4.78, 5) is 0.